The summed E-state index contributed by atoms with van der Waals surface area (Å²) in [6.45, 7) is 0. The molecule has 1 aromatic heterocycles. The van der Waals surface area contributed by atoms with E-state index in [4.69, 9.17) is 0 Å². The molecule has 0 N–H and O–H groups in total. The van der Waals surface area contributed by atoms with Crippen LogP contribution in [0.3, 0.4) is 0 Å². The zero-order chi connectivity index (χ0) is 10.1. The van der Waals surface area contributed by atoms with E-state index in [0.29, 0.717) is 24.1 Å². The second-order valence-electron chi connectivity index (χ2n) is 3.42. The third-order valence-corrected chi connectivity index (χ3v) is 2.58. The lowest BCUT2D eigenvalue weighted by Gasteiger charge is -2.14. The highest BCUT2D eigenvalue weighted by Crippen LogP contribution is 2.26. The van der Waals surface area contributed by atoms with Crippen molar-refractivity contribution in [2.75, 3.05) is 0 Å². The van der Waals surface area contributed by atoms with E-state index in [1.165, 1.54) is 12.3 Å². The van der Waals surface area contributed by atoms with Crippen molar-refractivity contribution in [1.29, 1.82) is 0 Å². The van der Waals surface area contributed by atoms with Crippen LogP contribution in [0.5, 0.6) is 0 Å². The fourth-order valence-electron chi connectivity index (χ4n) is 1.91. The van der Waals surface area contributed by atoms with E-state index in [1.54, 1.807) is 0 Å². The minimum Gasteiger partial charge on any atom is -0.618 e. The second kappa shape index (κ2) is 3.25. The zero-order valence-corrected chi connectivity index (χ0v) is 7.60. The van der Waals surface area contributed by atoms with Crippen molar-refractivity contribution < 1.29 is 9.65 Å². The molecule has 0 radical (unpaired) electrons. The van der Waals surface area contributed by atoms with Crippen LogP contribution in [0.2, 0.25) is 0 Å². The van der Waals surface area contributed by atoms with Crippen LogP contribution in [0.1, 0.15) is 24.1 Å². The average molecular weight is 194 g/mol. The Labute approximate surface area is 80.7 Å². The Balaban J connectivity index is 2.59. The summed E-state index contributed by atoms with van der Waals surface area (Å²) in [5, 5.41) is 22.0. The zero-order valence-electron chi connectivity index (χ0n) is 7.60. The summed E-state index contributed by atoms with van der Waals surface area (Å²) < 4.78 is 0.751. The summed E-state index contributed by atoms with van der Waals surface area (Å²) in [4.78, 5) is 10.3. The number of hydrogen-bond donors (Lipinski definition) is 0. The van der Waals surface area contributed by atoms with Gasteiger partial charge in [-0.05, 0) is 19.3 Å². The molecule has 0 atom stereocenters. The maximum absolute atomic E-state index is 11.3. The first-order chi connectivity index (χ1) is 6.70. The van der Waals surface area contributed by atoms with Gasteiger partial charge in [-0.25, -0.2) is 0 Å². The average Bonchev–Trinajstić information content (AvgIpc) is 2.18. The highest BCUT2D eigenvalue weighted by atomic mass is 16.6. The van der Waals surface area contributed by atoms with Crippen LogP contribution in [0.25, 0.3) is 0 Å². The lowest BCUT2D eigenvalue weighted by molar-refractivity contribution is -0.615. The monoisotopic (exact) mass is 194 g/mol. The lowest BCUT2D eigenvalue weighted by Crippen LogP contribution is -2.34. The van der Waals surface area contributed by atoms with E-state index in [1.807, 2.05) is 0 Å². The Hall–Kier alpha value is -1.65. The summed E-state index contributed by atoms with van der Waals surface area (Å²) in [5.74, 6) is 0. The van der Waals surface area contributed by atoms with Gasteiger partial charge < -0.3 is 5.21 Å². The van der Waals surface area contributed by atoms with Crippen molar-refractivity contribution >= 4 is 5.69 Å². The van der Waals surface area contributed by atoms with Crippen molar-refractivity contribution in [2.24, 2.45) is 0 Å². The molecule has 0 amide bonds. The van der Waals surface area contributed by atoms with Crippen LogP contribution in [-0.4, -0.2) is 4.92 Å². The van der Waals surface area contributed by atoms with Crippen LogP contribution in [0, 0.1) is 15.3 Å². The molecule has 1 aliphatic carbocycles. The summed E-state index contributed by atoms with van der Waals surface area (Å²) in [6, 6.07) is 1.29. The topological polar surface area (TPSA) is 70.1 Å². The molecule has 0 saturated heterocycles. The third kappa shape index (κ3) is 1.30. The number of hydrogen-bond acceptors (Lipinski definition) is 3. The molecule has 1 aromatic rings. The Morgan fingerprint density at radius 1 is 1.36 bits per heavy atom. The van der Waals surface area contributed by atoms with Crippen molar-refractivity contribution in [3.8, 4) is 0 Å². The van der Waals surface area contributed by atoms with E-state index in [-0.39, 0.29) is 5.69 Å². The summed E-state index contributed by atoms with van der Waals surface area (Å²) in [5.41, 5.74) is 1.29. The Morgan fingerprint density at radius 2 is 2.07 bits per heavy atom. The van der Waals surface area contributed by atoms with Gasteiger partial charge in [0.25, 0.3) is 5.69 Å². The first kappa shape index (κ1) is 8.93. The standard InChI is InChI=1S/C9H10N2O3/c12-10-6-5-9(11(13)14)7-3-1-2-4-8(7)10/h5-6H,1-4H2. The molecule has 0 fully saturated rings. The molecule has 5 heteroatoms. The molecule has 14 heavy (non-hydrogen) atoms. The molecule has 0 saturated carbocycles. The molecular formula is C9H10N2O3. The van der Waals surface area contributed by atoms with Crippen LogP contribution < -0.4 is 4.73 Å². The number of fused-ring (bicyclic) bond motifs is 1. The van der Waals surface area contributed by atoms with Crippen LogP contribution in [0.15, 0.2) is 12.3 Å². The molecule has 0 aromatic carbocycles. The van der Waals surface area contributed by atoms with Crippen molar-refractivity contribution in [3.05, 3.63) is 38.8 Å². The van der Waals surface area contributed by atoms with Gasteiger partial charge >= 0.3 is 0 Å². The van der Waals surface area contributed by atoms with E-state index >= 15 is 0 Å². The molecule has 5 nitrogen and oxygen atoms in total. The lowest BCUT2D eigenvalue weighted by atomic mass is 9.95. The molecule has 74 valence electrons. The first-order valence-corrected chi connectivity index (χ1v) is 4.58. The molecule has 0 bridgehead atoms. The summed E-state index contributed by atoms with van der Waals surface area (Å²) in [6.07, 6.45) is 4.39. The Morgan fingerprint density at radius 3 is 2.79 bits per heavy atom. The molecule has 0 aliphatic heterocycles. The van der Waals surface area contributed by atoms with Gasteiger partial charge in [-0.15, -0.1) is 0 Å². The van der Waals surface area contributed by atoms with Gasteiger partial charge in [-0.3, -0.25) is 10.1 Å². The Kier molecular flexibility index (Phi) is 2.07. The highest BCUT2D eigenvalue weighted by Gasteiger charge is 2.26. The molecule has 2 rings (SSSR count). The van der Waals surface area contributed by atoms with E-state index in [0.717, 1.165) is 17.6 Å². The van der Waals surface area contributed by atoms with Crippen LogP contribution in [0.4, 0.5) is 5.69 Å². The van der Waals surface area contributed by atoms with Gasteiger partial charge in [0.1, 0.15) is 0 Å². The first-order valence-electron chi connectivity index (χ1n) is 4.58. The molecule has 1 aliphatic rings. The quantitative estimate of drug-likeness (QED) is 0.291. The highest BCUT2D eigenvalue weighted by molar-refractivity contribution is 5.41. The predicted molar refractivity (Wildman–Crippen MR) is 48.7 cm³/mol. The molecule has 1 heterocycles. The third-order valence-electron chi connectivity index (χ3n) is 2.58. The maximum Gasteiger partial charge on any atom is 0.284 e. The Bertz CT molecular complexity index is 390. The van der Waals surface area contributed by atoms with Crippen molar-refractivity contribution in [2.45, 2.75) is 25.7 Å². The maximum atomic E-state index is 11.3. The number of pyridine rings is 1. The van der Waals surface area contributed by atoms with Crippen LogP contribution in [-0.2, 0) is 12.8 Å². The van der Waals surface area contributed by atoms with Gasteiger partial charge in [-0.1, -0.05) is 0 Å². The number of rotatable bonds is 1. The van der Waals surface area contributed by atoms with Crippen LogP contribution >= 0.6 is 0 Å². The number of nitro groups is 1. The summed E-state index contributed by atoms with van der Waals surface area (Å²) in [7, 11) is 0. The molecular weight excluding hydrogens is 184 g/mol. The molecule has 0 unspecified atom stereocenters. The van der Waals surface area contributed by atoms with Crippen molar-refractivity contribution in [3.63, 3.8) is 0 Å². The second-order valence-corrected chi connectivity index (χ2v) is 3.42. The smallest absolute Gasteiger partial charge is 0.284 e. The van der Waals surface area contributed by atoms with Gasteiger partial charge in [0.15, 0.2) is 6.20 Å². The minimum atomic E-state index is -0.413. The van der Waals surface area contributed by atoms with E-state index in [2.05, 4.69) is 0 Å². The largest absolute Gasteiger partial charge is 0.618 e. The number of aromatic nitrogens is 1. The van der Waals surface area contributed by atoms with E-state index in [9.17, 15) is 15.3 Å². The van der Waals surface area contributed by atoms with Gasteiger partial charge in [0.05, 0.1) is 16.6 Å². The summed E-state index contributed by atoms with van der Waals surface area (Å²) >= 11 is 0. The number of nitrogens with zero attached hydrogens (tertiary/aromatic N) is 2. The van der Waals surface area contributed by atoms with E-state index < -0.39 is 4.92 Å². The fourth-order valence-corrected chi connectivity index (χ4v) is 1.91. The molecule has 0 spiro atoms. The fraction of sp³-hybridized carbons (Fsp3) is 0.444. The van der Waals surface area contributed by atoms with Gasteiger partial charge in [0, 0.05) is 6.42 Å². The van der Waals surface area contributed by atoms with Gasteiger partial charge in [-0.2, -0.15) is 4.73 Å². The SMILES string of the molecule is O=[N+]([O-])c1cc[n+]([O-])c2c1CCCC2. The predicted octanol–water partition coefficient (Wildman–Crippen LogP) is 1.11. The van der Waals surface area contributed by atoms with Gasteiger partial charge in [0.2, 0.25) is 5.69 Å². The minimum absolute atomic E-state index is 0.0896. The normalized spacial score (nSPS) is 14.9. The van der Waals surface area contributed by atoms with Crippen molar-refractivity contribution in [1.82, 2.24) is 0 Å².